The SMILES string of the molecule is CC(C)C[C@H](N)C(=O)NCCC1CC2CCC1C2. The predicted octanol–water partition coefficient (Wildman–Crippen LogP) is 2.30. The number of carbonyl (C=O) groups is 1. The van der Waals surface area contributed by atoms with Crippen LogP contribution in [-0.4, -0.2) is 18.5 Å². The standard InChI is InChI=1S/C15H28N2O/c1-10(2)7-14(16)15(18)17-6-5-13-9-11-3-4-12(13)8-11/h10-14H,3-9,16H2,1-2H3,(H,17,18)/t11?,12?,13?,14-/m0/s1. The van der Waals surface area contributed by atoms with Crippen LogP contribution in [0.25, 0.3) is 0 Å². The fourth-order valence-electron chi connectivity index (χ4n) is 3.86. The summed E-state index contributed by atoms with van der Waals surface area (Å²) in [6.07, 6.45) is 7.66. The highest BCUT2D eigenvalue weighted by molar-refractivity contribution is 5.81. The summed E-state index contributed by atoms with van der Waals surface area (Å²) in [5.41, 5.74) is 5.86. The molecule has 0 aliphatic heterocycles. The fourth-order valence-corrected chi connectivity index (χ4v) is 3.86. The van der Waals surface area contributed by atoms with E-state index >= 15 is 0 Å². The molecule has 3 nitrogen and oxygen atoms in total. The first-order valence-corrected chi connectivity index (χ1v) is 7.59. The zero-order valence-electron chi connectivity index (χ0n) is 11.8. The van der Waals surface area contributed by atoms with E-state index < -0.39 is 0 Å². The van der Waals surface area contributed by atoms with E-state index in [1.165, 1.54) is 25.7 Å². The van der Waals surface area contributed by atoms with Crippen molar-refractivity contribution in [2.75, 3.05) is 6.54 Å². The minimum absolute atomic E-state index is 0.0341. The molecule has 0 aromatic heterocycles. The molecule has 3 heteroatoms. The first kappa shape index (κ1) is 13.9. The van der Waals surface area contributed by atoms with Gasteiger partial charge in [0.05, 0.1) is 6.04 Å². The Kier molecular flexibility index (Phi) is 4.66. The van der Waals surface area contributed by atoms with Gasteiger partial charge in [0.2, 0.25) is 5.91 Å². The van der Waals surface area contributed by atoms with E-state index in [-0.39, 0.29) is 11.9 Å². The average molecular weight is 252 g/mol. The smallest absolute Gasteiger partial charge is 0.236 e. The van der Waals surface area contributed by atoms with Crippen LogP contribution in [0.15, 0.2) is 0 Å². The third-order valence-corrected chi connectivity index (χ3v) is 4.76. The summed E-state index contributed by atoms with van der Waals surface area (Å²) in [5.74, 6) is 3.34. The van der Waals surface area contributed by atoms with Gasteiger partial charge in [-0.3, -0.25) is 4.79 Å². The minimum Gasteiger partial charge on any atom is -0.355 e. The molecule has 0 spiro atoms. The Morgan fingerprint density at radius 1 is 1.33 bits per heavy atom. The van der Waals surface area contributed by atoms with Crippen LogP contribution in [0.2, 0.25) is 0 Å². The molecule has 2 aliphatic carbocycles. The highest BCUT2D eigenvalue weighted by Gasteiger charge is 2.38. The molecule has 18 heavy (non-hydrogen) atoms. The van der Waals surface area contributed by atoms with Crippen LogP contribution in [0, 0.1) is 23.7 Å². The summed E-state index contributed by atoms with van der Waals surface area (Å²) in [4.78, 5) is 11.8. The minimum atomic E-state index is -0.329. The molecule has 4 atom stereocenters. The molecule has 104 valence electrons. The van der Waals surface area contributed by atoms with Gasteiger partial charge in [-0.05, 0) is 55.8 Å². The molecule has 0 heterocycles. The summed E-state index contributed by atoms with van der Waals surface area (Å²) < 4.78 is 0. The quantitative estimate of drug-likeness (QED) is 0.762. The molecule has 3 N–H and O–H groups in total. The maximum atomic E-state index is 11.8. The van der Waals surface area contributed by atoms with Gasteiger partial charge in [-0.2, -0.15) is 0 Å². The molecule has 3 unspecified atom stereocenters. The lowest BCUT2D eigenvalue weighted by molar-refractivity contribution is -0.122. The second-order valence-corrected chi connectivity index (χ2v) is 6.75. The van der Waals surface area contributed by atoms with E-state index in [1.807, 2.05) is 0 Å². The number of carbonyl (C=O) groups excluding carboxylic acids is 1. The number of hydrogen-bond acceptors (Lipinski definition) is 2. The van der Waals surface area contributed by atoms with Crippen molar-refractivity contribution in [3.8, 4) is 0 Å². The van der Waals surface area contributed by atoms with Gasteiger partial charge in [0.15, 0.2) is 0 Å². The molecule has 0 saturated heterocycles. The third kappa shape index (κ3) is 3.47. The van der Waals surface area contributed by atoms with E-state index in [2.05, 4.69) is 19.2 Å². The zero-order chi connectivity index (χ0) is 13.1. The normalized spacial score (nSPS) is 31.9. The Morgan fingerprint density at radius 3 is 2.67 bits per heavy atom. The highest BCUT2D eigenvalue weighted by atomic mass is 16.2. The van der Waals surface area contributed by atoms with Crippen molar-refractivity contribution in [3.63, 3.8) is 0 Å². The van der Waals surface area contributed by atoms with Crippen molar-refractivity contribution in [1.29, 1.82) is 0 Å². The zero-order valence-corrected chi connectivity index (χ0v) is 11.8. The van der Waals surface area contributed by atoms with Crippen LogP contribution < -0.4 is 11.1 Å². The van der Waals surface area contributed by atoms with Crippen LogP contribution in [0.1, 0.15) is 52.4 Å². The van der Waals surface area contributed by atoms with Gasteiger partial charge in [0, 0.05) is 6.54 Å². The highest BCUT2D eigenvalue weighted by Crippen LogP contribution is 2.49. The van der Waals surface area contributed by atoms with Gasteiger partial charge in [-0.1, -0.05) is 20.3 Å². The van der Waals surface area contributed by atoms with Gasteiger partial charge >= 0.3 is 0 Å². The second kappa shape index (κ2) is 6.05. The topological polar surface area (TPSA) is 55.1 Å². The largest absolute Gasteiger partial charge is 0.355 e. The van der Waals surface area contributed by atoms with E-state index in [0.29, 0.717) is 5.92 Å². The van der Waals surface area contributed by atoms with Crippen molar-refractivity contribution in [1.82, 2.24) is 5.32 Å². The first-order valence-electron chi connectivity index (χ1n) is 7.59. The summed E-state index contributed by atoms with van der Waals surface area (Å²) >= 11 is 0. The van der Waals surface area contributed by atoms with Gasteiger partial charge in [0.1, 0.15) is 0 Å². The lowest BCUT2D eigenvalue weighted by Gasteiger charge is -2.22. The van der Waals surface area contributed by atoms with Crippen molar-refractivity contribution in [2.45, 2.75) is 58.4 Å². The summed E-state index contributed by atoms with van der Waals surface area (Å²) in [6, 6.07) is -0.329. The number of rotatable bonds is 6. The summed E-state index contributed by atoms with van der Waals surface area (Å²) in [5, 5.41) is 3.01. The number of amides is 1. The monoisotopic (exact) mass is 252 g/mol. The number of nitrogens with one attached hydrogen (secondary N) is 1. The van der Waals surface area contributed by atoms with Gasteiger partial charge in [0.25, 0.3) is 0 Å². The molecule has 2 saturated carbocycles. The Bertz CT molecular complexity index is 290. The van der Waals surface area contributed by atoms with E-state index in [4.69, 9.17) is 5.73 Å². The maximum absolute atomic E-state index is 11.8. The molecule has 0 aromatic rings. The molecule has 0 aromatic carbocycles. The van der Waals surface area contributed by atoms with Gasteiger partial charge in [-0.25, -0.2) is 0 Å². The molecular formula is C15H28N2O. The van der Waals surface area contributed by atoms with E-state index in [0.717, 1.165) is 37.1 Å². The lowest BCUT2D eigenvalue weighted by Crippen LogP contribution is -2.42. The van der Waals surface area contributed by atoms with Gasteiger partial charge < -0.3 is 11.1 Å². The maximum Gasteiger partial charge on any atom is 0.236 e. The Morgan fingerprint density at radius 2 is 2.11 bits per heavy atom. The molecular weight excluding hydrogens is 224 g/mol. The molecule has 0 radical (unpaired) electrons. The van der Waals surface area contributed by atoms with Crippen LogP contribution in [0.5, 0.6) is 0 Å². The average Bonchev–Trinajstić information content (AvgIpc) is 2.89. The second-order valence-electron chi connectivity index (χ2n) is 6.75. The predicted molar refractivity (Wildman–Crippen MR) is 74.0 cm³/mol. The molecule has 2 rings (SSSR count). The van der Waals surface area contributed by atoms with Crippen LogP contribution in [0.4, 0.5) is 0 Å². The summed E-state index contributed by atoms with van der Waals surface area (Å²) in [7, 11) is 0. The lowest BCUT2D eigenvalue weighted by atomic mass is 9.86. The van der Waals surface area contributed by atoms with Crippen molar-refractivity contribution in [2.24, 2.45) is 29.4 Å². The van der Waals surface area contributed by atoms with E-state index in [1.54, 1.807) is 0 Å². The number of hydrogen-bond donors (Lipinski definition) is 2. The third-order valence-electron chi connectivity index (χ3n) is 4.76. The van der Waals surface area contributed by atoms with Gasteiger partial charge in [-0.15, -0.1) is 0 Å². The number of nitrogens with two attached hydrogens (primary N) is 1. The number of fused-ring (bicyclic) bond motifs is 2. The Labute approximate surface area is 111 Å². The first-order chi connectivity index (χ1) is 8.56. The van der Waals surface area contributed by atoms with Crippen LogP contribution in [-0.2, 0) is 4.79 Å². The molecule has 2 fully saturated rings. The van der Waals surface area contributed by atoms with Crippen LogP contribution >= 0.6 is 0 Å². The Hall–Kier alpha value is -0.570. The van der Waals surface area contributed by atoms with Crippen LogP contribution in [0.3, 0.4) is 0 Å². The molecule has 1 amide bonds. The Balaban J connectivity index is 1.62. The van der Waals surface area contributed by atoms with Crippen molar-refractivity contribution in [3.05, 3.63) is 0 Å². The summed E-state index contributed by atoms with van der Waals surface area (Å²) in [6.45, 7) is 5.02. The van der Waals surface area contributed by atoms with Crippen molar-refractivity contribution >= 4 is 5.91 Å². The molecule has 2 aliphatic rings. The van der Waals surface area contributed by atoms with E-state index in [9.17, 15) is 4.79 Å². The molecule has 2 bridgehead atoms. The fraction of sp³-hybridized carbons (Fsp3) is 0.933. The van der Waals surface area contributed by atoms with Crippen molar-refractivity contribution < 1.29 is 4.79 Å².